The fraction of sp³-hybridized carbons (Fsp3) is 0.0769. The molecule has 0 N–H and O–H groups in total. The van der Waals surface area contributed by atoms with Crippen molar-refractivity contribution in [1.29, 1.82) is 0 Å². The van der Waals surface area contributed by atoms with Crippen LogP contribution >= 0.6 is 0 Å². The average Bonchev–Trinajstić information content (AvgIpc) is 2.78. The number of rotatable bonds is 3. The van der Waals surface area contributed by atoms with Crippen LogP contribution < -0.4 is 11.2 Å². The van der Waals surface area contributed by atoms with Gasteiger partial charge in [-0.05, 0) is 42.1 Å². The summed E-state index contributed by atoms with van der Waals surface area (Å²) in [6.07, 6.45) is 0.452. The van der Waals surface area contributed by atoms with Gasteiger partial charge in [-0.3, -0.25) is 9.20 Å². The standard InChI is InChI=1S/C26H20N2O2/c1-18-11-14-21(15-12-18)27-25(29)22(17-19-7-3-2-4-8-19)24-16-13-20-9-5-6-10-23(20)28(24)26(27)30/h2-16H,17H2,1H3. The second-order valence-electron chi connectivity index (χ2n) is 7.51. The van der Waals surface area contributed by atoms with Gasteiger partial charge >= 0.3 is 5.69 Å². The molecule has 0 aliphatic carbocycles. The SMILES string of the molecule is Cc1ccc(-n2c(=O)c(Cc3ccccc3)c3ccc4ccccc4n3c2=O)cc1. The summed E-state index contributed by atoms with van der Waals surface area (Å²) in [7, 11) is 0. The first-order valence-electron chi connectivity index (χ1n) is 9.93. The minimum absolute atomic E-state index is 0.275. The van der Waals surface area contributed by atoms with Gasteiger partial charge in [0.2, 0.25) is 0 Å². The van der Waals surface area contributed by atoms with E-state index in [-0.39, 0.29) is 11.2 Å². The fourth-order valence-electron chi connectivity index (χ4n) is 3.97. The van der Waals surface area contributed by atoms with Gasteiger partial charge in [0.25, 0.3) is 5.56 Å². The summed E-state index contributed by atoms with van der Waals surface area (Å²) >= 11 is 0. The molecular formula is C26H20N2O2. The van der Waals surface area contributed by atoms with Crippen LogP contribution in [0.15, 0.2) is 101 Å². The highest BCUT2D eigenvalue weighted by Crippen LogP contribution is 2.19. The van der Waals surface area contributed by atoms with Gasteiger partial charge in [-0.25, -0.2) is 9.36 Å². The molecule has 0 atom stereocenters. The number of para-hydroxylation sites is 1. The van der Waals surface area contributed by atoms with Gasteiger partial charge in [0.1, 0.15) is 0 Å². The van der Waals surface area contributed by atoms with E-state index in [0.717, 1.165) is 22.0 Å². The van der Waals surface area contributed by atoms with Crippen molar-refractivity contribution in [2.24, 2.45) is 0 Å². The molecule has 30 heavy (non-hydrogen) atoms. The van der Waals surface area contributed by atoms with Gasteiger partial charge in [-0.15, -0.1) is 0 Å². The molecule has 0 spiro atoms. The summed E-state index contributed by atoms with van der Waals surface area (Å²) in [5, 5.41) is 0.951. The Morgan fingerprint density at radius 1 is 0.700 bits per heavy atom. The molecule has 146 valence electrons. The number of aromatic nitrogens is 2. The molecule has 5 rings (SSSR count). The summed E-state index contributed by atoms with van der Waals surface area (Å²) in [4.78, 5) is 27.2. The number of aryl methyl sites for hydroxylation is 1. The number of fused-ring (bicyclic) bond motifs is 3. The summed E-state index contributed by atoms with van der Waals surface area (Å²) < 4.78 is 2.95. The molecule has 3 aromatic carbocycles. The van der Waals surface area contributed by atoms with Crippen LogP contribution in [0.5, 0.6) is 0 Å². The number of pyridine rings is 1. The Morgan fingerprint density at radius 3 is 2.17 bits per heavy atom. The van der Waals surface area contributed by atoms with Crippen molar-refractivity contribution in [2.75, 3.05) is 0 Å². The van der Waals surface area contributed by atoms with Crippen molar-refractivity contribution in [2.45, 2.75) is 13.3 Å². The Morgan fingerprint density at radius 2 is 1.40 bits per heavy atom. The maximum atomic E-state index is 13.6. The van der Waals surface area contributed by atoms with E-state index in [2.05, 4.69) is 0 Å². The highest BCUT2D eigenvalue weighted by atomic mass is 16.2. The number of benzene rings is 3. The molecule has 0 aliphatic rings. The van der Waals surface area contributed by atoms with Crippen LogP contribution in [0.4, 0.5) is 0 Å². The lowest BCUT2D eigenvalue weighted by molar-refractivity contribution is 0.836. The van der Waals surface area contributed by atoms with Crippen LogP contribution in [0.2, 0.25) is 0 Å². The van der Waals surface area contributed by atoms with Crippen LogP contribution in [0.3, 0.4) is 0 Å². The first kappa shape index (κ1) is 18.1. The van der Waals surface area contributed by atoms with E-state index in [0.29, 0.717) is 23.2 Å². The number of nitrogens with zero attached hydrogens (tertiary/aromatic N) is 2. The molecule has 0 saturated heterocycles. The minimum atomic E-state index is -0.354. The van der Waals surface area contributed by atoms with Gasteiger partial charge in [0, 0.05) is 12.0 Å². The van der Waals surface area contributed by atoms with Crippen molar-refractivity contribution in [3.05, 3.63) is 129 Å². The summed E-state index contributed by atoms with van der Waals surface area (Å²) in [5.74, 6) is 0. The third-order valence-corrected chi connectivity index (χ3v) is 5.51. The molecular weight excluding hydrogens is 372 g/mol. The average molecular weight is 392 g/mol. The molecule has 0 bridgehead atoms. The highest BCUT2D eigenvalue weighted by molar-refractivity contribution is 5.83. The molecule has 0 radical (unpaired) electrons. The lowest BCUT2D eigenvalue weighted by Crippen LogP contribution is -2.38. The Bertz CT molecular complexity index is 1490. The molecule has 4 nitrogen and oxygen atoms in total. The number of hydrogen-bond donors (Lipinski definition) is 0. The maximum absolute atomic E-state index is 13.6. The zero-order valence-electron chi connectivity index (χ0n) is 16.6. The van der Waals surface area contributed by atoms with Gasteiger partial charge in [-0.2, -0.15) is 0 Å². The molecule has 0 fully saturated rings. The summed E-state index contributed by atoms with van der Waals surface area (Å²) in [6.45, 7) is 1.98. The molecule has 2 heterocycles. The normalized spacial score (nSPS) is 11.2. The summed E-state index contributed by atoms with van der Waals surface area (Å²) in [6, 6.07) is 28.9. The summed E-state index contributed by atoms with van der Waals surface area (Å²) in [5.41, 5.74) is 4.09. The smallest absolute Gasteiger partial charge is 0.268 e. The van der Waals surface area contributed by atoms with Gasteiger partial charge < -0.3 is 0 Å². The zero-order valence-corrected chi connectivity index (χ0v) is 16.6. The molecule has 0 aliphatic heterocycles. The Hall–Kier alpha value is -3.92. The van der Waals surface area contributed by atoms with Crippen LogP contribution in [-0.2, 0) is 6.42 Å². The van der Waals surface area contributed by atoms with Crippen LogP contribution in [-0.4, -0.2) is 8.97 Å². The number of hydrogen-bond acceptors (Lipinski definition) is 2. The third kappa shape index (κ3) is 2.94. The van der Waals surface area contributed by atoms with Gasteiger partial charge in [-0.1, -0.05) is 72.3 Å². The first-order valence-corrected chi connectivity index (χ1v) is 9.93. The molecule has 5 aromatic rings. The highest BCUT2D eigenvalue weighted by Gasteiger charge is 2.17. The van der Waals surface area contributed by atoms with Crippen molar-refractivity contribution in [1.82, 2.24) is 8.97 Å². The van der Waals surface area contributed by atoms with E-state index in [1.807, 2.05) is 97.9 Å². The lowest BCUT2D eigenvalue weighted by Gasteiger charge is -2.15. The second-order valence-corrected chi connectivity index (χ2v) is 7.51. The van der Waals surface area contributed by atoms with E-state index in [4.69, 9.17) is 0 Å². The third-order valence-electron chi connectivity index (χ3n) is 5.51. The van der Waals surface area contributed by atoms with E-state index >= 15 is 0 Å². The zero-order chi connectivity index (χ0) is 20.7. The Kier molecular flexibility index (Phi) is 4.32. The predicted octanol–water partition coefficient (Wildman–Crippen LogP) is 4.50. The van der Waals surface area contributed by atoms with Gasteiger partial charge in [0.05, 0.1) is 16.7 Å². The largest absolute Gasteiger partial charge is 0.340 e. The van der Waals surface area contributed by atoms with Crippen molar-refractivity contribution >= 4 is 16.4 Å². The van der Waals surface area contributed by atoms with Crippen molar-refractivity contribution < 1.29 is 0 Å². The van der Waals surface area contributed by atoms with Crippen molar-refractivity contribution in [3.8, 4) is 5.69 Å². The van der Waals surface area contributed by atoms with Crippen LogP contribution in [0.25, 0.3) is 22.1 Å². The van der Waals surface area contributed by atoms with Crippen molar-refractivity contribution in [3.63, 3.8) is 0 Å². The second kappa shape index (κ2) is 7.16. The van der Waals surface area contributed by atoms with Crippen LogP contribution in [0, 0.1) is 6.92 Å². The molecule has 0 unspecified atom stereocenters. The monoisotopic (exact) mass is 392 g/mol. The fourth-order valence-corrected chi connectivity index (χ4v) is 3.97. The topological polar surface area (TPSA) is 43.5 Å². The minimum Gasteiger partial charge on any atom is -0.268 e. The molecule has 2 aromatic heterocycles. The Labute approximate surface area is 173 Å². The first-order chi connectivity index (χ1) is 14.6. The van der Waals surface area contributed by atoms with E-state index in [1.165, 1.54) is 4.57 Å². The van der Waals surface area contributed by atoms with Crippen LogP contribution in [0.1, 0.15) is 16.7 Å². The maximum Gasteiger partial charge on any atom is 0.340 e. The Balaban J connectivity index is 1.92. The predicted molar refractivity (Wildman–Crippen MR) is 121 cm³/mol. The molecule has 0 saturated carbocycles. The lowest BCUT2D eigenvalue weighted by atomic mass is 10.0. The van der Waals surface area contributed by atoms with E-state index < -0.39 is 0 Å². The quantitative estimate of drug-likeness (QED) is 0.424. The van der Waals surface area contributed by atoms with Gasteiger partial charge in [0.15, 0.2) is 0 Å². The molecule has 4 heteroatoms. The van der Waals surface area contributed by atoms with E-state index in [9.17, 15) is 9.59 Å². The molecule has 0 amide bonds. The van der Waals surface area contributed by atoms with E-state index in [1.54, 1.807) is 4.40 Å².